The van der Waals surface area contributed by atoms with Gasteiger partial charge in [0.25, 0.3) is 0 Å². The first-order valence-electron chi connectivity index (χ1n) is 8.65. The Morgan fingerprint density at radius 3 is 2.12 bits per heavy atom. The van der Waals surface area contributed by atoms with E-state index in [9.17, 15) is 9.59 Å². The van der Waals surface area contributed by atoms with Gasteiger partial charge in [-0.3, -0.25) is 9.59 Å². The molecule has 0 unspecified atom stereocenters. The minimum atomic E-state index is -0.209. The zero-order valence-corrected chi connectivity index (χ0v) is 15.4. The number of carbonyl (C=O) groups is 2. The summed E-state index contributed by atoms with van der Waals surface area (Å²) in [6, 6.07) is 5.20. The summed E-state index contributed by atoms with van der Waals surface area (Å²) in [4.78, 5) is 22.9. The molecule has 0 N–H and O–H groups in total. The summed E-state index contributed by atoms with van der Waals surface area (Å²) in [5.41, 5.74) is 0.893. The van der Waals surface area contributed by atoms with E-state index in [0.717, 1.165) is 44.1 Å². The van der Waals surface area contributed by atoms with Crippen molar-refractivity contribution in [2.45, 2.75) is 65.2 Å². The summed E-state index contributed by atoms with van der Waals surface area (Å²) in [5, 5.41) is 0.665. The third kappa shape index (κ3) is 8.92. The molecule has 134 valence electrons. The van der Waals surface area contributed by atoms with E-state index in [0.29, 0.717) is 30.2 Å². The minimum absolute atomic E-state index is 0.113. The van der Waals surface area contributed by atoms with Crippen molar-refractivity contribution in [1.82, 2.24) is 0 Å². The maximum Gasteiger partial charge on any atom is 0.311 e. The van der Waals surface area contributed by atoms with Crippen LogP contribution < -0.4 is 4.74 Å². The summed E-state index contributed by atoms with van der Waals surface area (Å²) in [7, 11) is 0. The molecule has 0 aliphatic carbocycles. The highest BCUT2D eigenvalue weighted by molar-refractivity contribution is 6.31. The topological polar surface area (TPSA) is 52.6 Å². The number of esters is 2. The van der Waals surface area contributed by atoms with E-state index in [1.807, 2.05) is 13.8 Å². The van der Waals surface area contributed by atoms with E-state index in [1.165, 1.54) is 0 Å². The summed E-state index contributed by atoms with van der Waals surface area (Å²) in [6.07, 6.45) is 6.77. The molecule has 0 aromatic heterocycles. The number of hydrogen-bond acceptors (Lipinski definition) is 4. The largest absolute Gasteiger partial charge is 0.466 e. The number of aryl methyl sites for hydroxylation is 1. The van der Waals surface area contributed by atoms with Crippen LogP contribution in [0.2, 0.25) is 5.02 Å². The summed E-state index contributed by atoms with van der Waals surface area (Å²) >= 11 is 5.94. The molecule has 4 nitrogen and oxygen atoms in total. The van der Waals surface area contributed by atoms with Crippen molar-refractivity contribution in [3.8, 4) is 5.75 Å². The Kier molecular flexibility index (Phi) is 10.2. The average molecular weight is 355 g/mol. The third-order valence-electron chi connectivity index (χ3n) is 3.68. The molecule has 0 aliphatic rings. The predicted octanol–water partition coefficient (Wildman–Crippen LogP) is 5.24. The zero-order valence-electron chi connectivity index (χ0n) is 14.6. The van der Waals surface area contributed by atoms with Crippen molar-refractivity contribution >= 4 is 23.5 Å². The lowest BCUT2D eigenvalue weighted by atomic mass is 10.1. The van der Waals surface area contributed by atoms with Crippen LogP contribution in [0.1, 0.15) is 63.9 Å². The highest BCUT2D eigenvalue weighted by Gasteiger charge is 2.06. The van der Waals surface area contributed by atoms with Crippen LogP contribution in [0.15, 0.2) is 18.2 Å². The highest BCUT2D eigenvalue weighted by Crippen LogP contribution is 2.21. The summed E-state index contributed by atoms with van der Waals surface area (Å²) in [5.74, 6) is 0.220. The molecule has 0 amide bonds. The molecule has 0 saturated heterocycles. The first-order chi connectivity index (χ1) is 11.5. The lowest BCUT2D eigenvalue weighted by Crippen LogP contribution is -2.07. The standard InChI is InChI=1S/C19H27ClO4/c1-3-23-18(21)10-8-6-4-5-7-9-11-19(22)24-16-12-13-17(20)15(2)14-16/h12-14H,3-11H2,1-2H3. The number of benzene rings is 1. The van der Waals surface area contributed by atoms with Crippen molar-refractivity contribution < 1.29 is 19.1 Å². The molecule has 1 aromatic carbocycles. The van der Waals surface area contributed by atoms with Crippen LogP contribution in [0, 0.1) is 6.92 Å². The molecule has 1 aromatic rings. The van der Waals surface area contributed by atoms with Gasteiger partial charge in [-0.1, -0.05) is 37.3 Å². The van der Waals surface area contributed by atoms with Gasteiger partial charge < -0.3 is 9.47 Å². The molecule has 0 radical (unpaired) electrons. The highest BCUT2D eigenvalue weighted by atomic mass is 35.5. The molecular weight excluding hydrogens is 328 g/mol. The Hall–Kier alpha value is -1.55. The Morgan fingerprint density at radius 1 is 0.958 bits per heavy atom. The molecular formula is C19H27ClO4. The summed E-state index contributed by atoms with van der Waals surface area (Å²) < 4.78 is 10.2. The number of carbonyl (C=O) groups excluding carboxylic acids is 2. The van der Waals surface area contributed by atoms with Gasteiger partial charge in [0.1, 0.15) is 5.75 Å². The van der Waals surface area contributed by atoms with Gasteiger partial charge in [-0.25, -0.2) is 0 Å². The van der Waals surface area contributed by atoms with Crippen molar-refractivity contribution in [2.75, 3.05) is 6.61 Å². The fraction of sp³-hybridized carbons (Fsp3) is 0.579. The second-order valence-corrected chi connectivity index (χ2v) is 6.22. The third-order valence-corrected chi connectivity index (χ3v) is 4.10. The van der Waals surface area contributed by atoms with Crippen LogP contribution in [-0.4, -0.2) is 18.5 Å². The normalized spacial score (nSPS) is 10.5. The molecule has 0 saturated carbocycles. The average Bonchev–Trinajstić information content (AvgIpc) is 2.53. The van der Waals surface area contributed by atoms with E-state index in [-0.39, 0.29) is 11.9 Å². The second-order valence-electron chi connectivity index (χ2n) is 5.81. The van der Waals surface area contributed by atoms with E-state index >= 15 is 0 Å². The fourth-order valence-electron chi connectivity index (χ4n) is 2.34. The van der Waals surface area contributed by atoms with Crippen LogP contribution in [0.3, 0.4) is 0 Å². The van der Waals surface area contributed by atoms with Crippen molar-refractivity contribution in [1.29, 1.82) is 0 Å². The van der Waals surface area contributed by atoms with E-state index < -0.39 is 0 Å². The lowest BCUT2D eigenvalue weighted by Gasteiger charge is -2.06. The van der Waals surface area contributed by atoms with Crippen LogP contribution >= 0.6 is 11.6 Å². The molecule has 1 rings (SSSR count). The van der Waals surface area contributed by atoms with Crippen LogP contribution in [0.25, 0.3) is 0 Å². The minimum Gasteiger partial charge on any atom is -0.466 e. The monoisotopic (exact) mass is 354 g/mol. The van der Waals surface area contributed by atoms with E-state index in [2.05, 4.69) is 0 Å². The molecule has 0 bridgehead atoms. The van der Waals surface area contributed by atoms with Gasteiger partial charge in [-0.15, -0.1) is 0 Å². The first kappa shape index (κ1) is 20.5. The zero-order chi connectivity index (χ0) is 17.8. The van der Waals surface area contributed by atoms with E-state index in [1.54, 1.807) is 18.2 Å². The SMILES string of the molecule is CCOC(=O)CCCCCCCCC(=O)Oc1ccc(Cl)c(C)c1. The van der Waals surface area contributed by atoms with Crippen molar-refractivity contribution in [3.63, 3.8) is 0 Å². The maximum atomic E-state index is 11.8. The van der Waals surface area contributed by atoms with Gasteiger partial charge in [0.2, 0.25) is 0 Å². The Balaban J connectivity index is 2.03. The van der Waals surface area contributed by atoms with Gasteiger partial charge in [0, 0.05) is 17.9 Å². The Morgan fingerprint density at radius 2 is 1.54 bits per heavy atom. The van der Waals surface area contributed by atoms with Crippen LogP contribution in [0.4, 0.5) is 0 Å². The predicted molar refractivity (Wildman–Crippen MR) is 95.4 cm³/mol. The number of unbranched alkanes of at least 4 members (excludes halogenated alkanes) is 5. The quantitative estimate of drug-likeness (QED) is 0.310. The lowest BCUT2D eigenvalue weighted by molar-refractivity contribution is -0.143. The number of hydrogen-bond donors (Lipinski definition) is 0. The van der Waals surface area contributed by atoms with Gasteiger partial charge in [0.05, 0.1) is 6.61 Å². The molecule has 5 heteroatoms. The molecule has 0 fully saturated rings. The van der Waals surface area contributed by atoms with Gasteiger partial charge in [0.15, 0.2) is 0 Å². The van der Waals surface area contributed by atoms with Gasteiger partial charge >= 0.3 is 11.9 Å². The number of ether oxygens (including phenoxy) is 2. The van der Waals surface area contributed by atoms with Gasteiger partial charge in [-0.05, 0) is 50.5 Å². The number of rotatable bonds is 11. The van der Waals surface area contributed by atoms with E-state index in [4.69, 9.17) is 21.1 Å². The van der Waals surface area contributed by atoms with Gasteiger partial charge in [-0.2, -0.15) is 0 Å². The van der Waals surface area contributed by atoms with Crippen LogP contribution in [-0.2, 0) is 14.3 Å². The molecule has 0 heterocycles. The number of halogens is 1. The smallest absolute Gasteiger partial charge is 0.311 e. The molecule has 0 atom stereocenters. The molecule has 24 heavy (non-hydrogen) atoms. The Bertz CT molecular complexity index is 528. The van der Waals surface area contributed by atoms with Crippen molar-refractivity contribution in [3.05, 3.63) is 28.8 Å². The second kappa shape index (κ2) is 11.9. The molecule has 0 aliphatic heterocycles. The maximum absolute atomic E-state index is 11.8. The molecule has 0 spiro atoms. The summed E-state index contributed by atoms with van der Waals surface area (Å²) in [6.45, 7) is 4.14. The van der Waals surface area contributed by atoms with Crippen molar-refractivity contribution in [2.24, 2.45) is 0 Å². The fourth-order valence-corrected chi connectivity index (χ4v) is 2.46. The van der Waals surface area contributed by atoms with Crippen LogP contribution in [0.5, 0.6) is 5.75 Å². The Labute approximate surface area is 149 Å². The first-order valence-corrected chi connectivity index (χ1v) is 9.03.